The van der Waals surface area contributed by atoms with E-state index in [-0.39, 0.29) is 11.7 Å². The minimum atomic E-state index is -0.689. The second kappa shape index (κ2) is 4.95. The van der Waals surface area contributed by atoms with Crippen molar-refractivity contribution < 1.29 is 9.18 Å². The minimum absolute atomic E-state index is 0.153. The van der Waals surface area contributed by atoms with Gasteiger partial charge in [-0.05, 0) is 32.9 Å². The zero-order chi connectivity index (χ0) is 12.3. The molecule has 1 aromatic rings. The molecule has 0 bridgehead atoms. The van der Waals surface area contributed by atoms with Crippen LogP contribution in [0.25, 0.3) is 0 Å². The quantitative estimate of drug-likeness (QED) is 0.781. The largest absolute Gasteiger partial charge is 0.309 e. The van der Waals surface area contributed by atoms with Crippen LogP contribution in [0.3, 0.4) is 0 Å². The van der Waals surface area contributed by atoms with Gasteiger partial charge in [-0.2, -0.15) is 0 Å². The van der Waals surface area contributed by atoms with Crippen LogP contribution in [0.5, 0.6) is 0 Å². The fraction of sp³-hybridized carbons (Fsp3) is 0.417. The SMILES string of the molecule is CCN(C(=O)C(C)(C)Br)c1ccccc1F. The lowest BCUT2D eigenvalue weighted by molar-refractivity contribution is -0.119. The third-order valence-electron chi connectivity index (χ3n) is 2.21. The van der Waals surface area contributed by atoms with Gasteiger partial charge in [0.2, 0.25) is 5.91 Å². The van der Waals surface area contributed by atoms with Crippen molar-refractivity contribution in [1.82, 2.24) is 0 Å². The van der Waals surface area contributed by atoms with Gasteiger partial charge in [-0.1, -0.05) is 28.1 Å². The van der Waals surface area contributed by atoms with Crippen LogP contribution in [0.2, 0.25) is 0 Å². The lowest BCUT2D eigenvalue weighted by atomic mass is 10.1. The smallest absolute Gasteiger partial charge is 0.243 e. The Morgan fingerprint density at radius 2 is 2.00 bits per heavy atom. The summed E-state index contributed by atoms with van der Waals surface area (Å²) in [5.41, 5.74) is 0.322. The molecule has 88 valence electrons. The van der Waals surface area contributed by atoms with Gasteiger partial charge in [0.05, 0.1) is 10.0 Å². The predicted octanol–water partition coefficient (Wildman–Crippen LogP) is 3.35. The average Bonchev–Trinajstić information content (AvgIpc) is 2.20. The number of hydrogen-bond donors (Lipinski definition) is 0. The Morgan fingerprint density at radius 1 is 1.44 bits per heavy atom. The average molecular weight is 288 g/mol. The number of hydrogen-bond acceptors (Lipinski definition) is 1. The fourth-order valence-corrected chi connectivity index (χ4v) is 1.63. The summed E-state index contributed by atoms with van der Waals surface area (Å²) in [5, 5.41) is 0. The first-order valence-corrected chi connectivity index (χ1v) is 5.92. The first-order valence-electron chi connectivity index (χ1n) is 5.13. The summed E-state index contributed by atoms with van der Waals surface area (Å²) in [6.07, 6.45) is 0. The summed E-state index contributed by atoms with van der Waals surface area (Å²) in [7, 11) is 0. The molecule has 0 aliphatic heterocycles. The fourth-order valence-electron chi connectivity index (χ4n) is 1.41. The molecule has 0 fully saturated rings. The van der Waals surface area contributed by atoms with Gasteiger partial charge in [0.25, 0.3) is 0 Å². The molecule has 4 heteroatoms. The van der Waals surface area contributed by atoms with Gasteiger partial charge >= 0.3 is 0 Å². The van der Waals surface area contributed by atoms with E-state index in [1.165, 1.54) is 11.0 Å². The maximum atomic E-state index is 13.6. The van der Waals surface area contributed by atoms with E-state index in [1.807, 2.05) is 6.92 Å². The van der Waals surface area contributed by atoms with Gasteiger partial charge < -0.3 is 4.90 Å². The molecular weight excluding hydrogens is 273 g/mol. The number of anilines is 1. The van der Waals surface area contributed by atoms with Crippen LogP contribution >= 0.6 is 15.9 Å². The molecule has 0 atom stereocenters. The third kappa shape index (κ3) is 2.82. The summed E-state index contributed by atoms with van der Waals surface area (Å²) >= 11 is 3.29. The molecule has 0 aliphatic rings. The van der Waals surface area contributed by atoms with Crippen LogP contribution in [0.1, 0.15) is 20.8 Å². The number of nitrogens with zero attached hydrogens (tertiary/aromatic N) is 1. The Hall–Kier alpha value is -0.900. The van der Waals surface area contributed by atoms with Gasteiger partial charge in [0, 0.05) is 6.54 Å². The molecule has 1 amide bonds. The zero-order valence-electron chi connectivity index (χ0n) is 9.63. The molecule has 0 aliphatic carbocycles. The van der Waals surface area contributed by atoms with Gasteiger partial charge in [0.1, 0.15) is 5.82 Å². The number of para-hydroxylation sites is 1. The van der Waals surface area contributed by atoms with Crippen LogP contribution < -0.4 is 4.90 Å². The monoisotopic (exact) mass is 287 g/mol. The topological polar surface area (TPSA) is 20.3 Å². The molecule has 0 spiro atoms. The number of amides is 1. The highest BCUT2D eigenvalue weighted by Crippen LogP contribution is 2.25. The van der Waals surface area contributed by atoms with Gasteiger partial charge in [0.15, 0.2) is 0 Å². The molecule has 1 aromatic carbocycles. The van der Waals surface area contributed by atoms with Crippen molar-refractivity contribution in [2.45, 2.75) is 25.1 Å². The molecule has 0 N–H and O–H groups in total. The summed E-state index contributed by atoms with van der Waals surface area (Å²) in [4.78, 5) is 13.5. The summed E-state index contributed by atoms with van der Waals surface area (Å²) < 4.78 is 12.9. The van der Waals surface area contributed by atoms with Crippen molar-refractivity contribution in [3.63, 3.8) is 0 Å². The number of carbonyl (C=O) groups excluding carboxylic acids is 1. The van der Waals surface area contributed by atoms with Crippen molar-refractivity contribution in [2.24, 2.45) is 0 Å². The lowest BCUT2D eigenvalue weighted by Gasteiger charge is -2.27. The highest BCUT2D eigenvalue weighted by molar-refractivity contribution is 9.10. The molecule has 0 heterocycles. The summed E-state index contributed by atoms with van der Waals surface area (Å²) in [5.74, 6) is -0.533. The van der Waals surface area contributed by atoms with E-state index in [0.717, 1.165) is 0 Å². The first-order chi connectivity index (χ1) is 7.38. The van der Waals surface area contributed by atoms with Gasteiger partial charge in [-0.3, -0.25) is 4.79 Å². The third-order valence-corrected chi connectivity index (χ3v) is 2.55. The van der Waals surface area contributed by atoms with E-state index < -0.39 is 4.32 Å². The van der Waals surface area contributed by atoms with E-state index in [4.69, 9.17) is 0 Å². The van der Waals surface area contributed by atoms with Crippen LogP contribution in [0.15, 0.2) is 24.3 Å². The number of rotatable bonds is 3. The Balaban J connectivity index is 3.09. The zero-order valence-corrected chi connectivity index (χ0v) is 11.2. The van der Waals surface area contributed by atoms with Crippen LogP contribution in [0, 0.1) is 5.82 Å². The van der Waals surface area contributed by atoms with E-state index in [1.54, 1.807) is 32.0 Å². The van der Waals surface area contributed by atoms with Crippen molar-refractivity contribution in [3.05, 3.63) is 30.1 Å². The van der Waals surface area contributed by atoms with E-state index in [9.17, 15) is 9.18 Å². The van der Waals surface area contributed by atoms with E-state index >= 15 is 0 Å². The van der Waals surface area contributed by atoms with Crippen LogP contribution in [0.4, 0.5) is 10.1 Å². The Kier molecular flexibility index (Phi) is 4.08. The second-order valence-electron chi connectivity index (χ2n) is 3.97. The molecule has 16 heavy (non-hydrogen) atoms. The van der Waals surface area contributed by atoms with Crippen molar-refractivity contribution in [2.75, 3.05) is 11.4 Å². The molecule has 2 nitrogen and oxygen atoms in total. The molecule has 0 radical (unpaired) electrons. The molecule has 0 saturated heterocycles. The van der Waals surface area contributed by atoms with Crippen molar-refractivity contribution >= 4 is 27.5 Å². The lowest BCUT2D eigenvalue weighted by Crippen LogP contribution is -2.42. The van der Waals surface area contributed by atoms with Crippen LogP contribution in [-0.2, 0) is 4.79 Å². The highest BCUT2D eigenvalue weighted by Gasteiger charge is 2.30. The summed E-state index contributed by atoms with van der Waals surface area (Å²) in [6.45, 7) is 5.76. The highest BCUT2D eigenvalue weighted by atomic mass is 79.9. The Bertz CT molecular complexity index is 387. The minimum Gasteiger partial charge on any atom is -0.309 e. The molecule has 0 saturated carbocycles. The first kappa shape index (κ1) is 13.2. The van der Waals surface area contributed by atoms with E-state index in [2.05, 4.69) is 15.9 Å². The van der Waals surface area contributed by atoms with E-state index in [0.29, 0.717) is 12.2 Å². The standard InChI is InChI=1S/C12H15BrFNO/c1-4-15(11(16)12(2,3)13)10-8-6-5-7-9(10)14/h5-8H,4H2,1-3H3. The summed E-state index contributed by atoms with van der Waals surface area (Å²) in [6, 6.07) is 6.29. The molecule has 0 unspecified atom stereocenters. The van der Waals surface area contributed by atoms with Crippen LogP contribution in [-0.4, -0.2) is 16.8 Å². The number of alkyl halides is 1. The number of halogens is 2. The maximum absolute atomic E-state index is 13.6. The Labute approximate surface area is 104 Å². The maximum Gasteiger partial charge on any atom is 0.243 e. The predicted molar refractivity (Wildman–Crippen MR) is 67.4 cm³/mol. The van der Waals surface area contributed by atoms with Gasteiger partial charge in [-0.15, -0.1) is 0 Å². The van der Waals surface area contributed by atoms with Crippen molar-refractivity contribution in [1.29, 1.82) is 0 Å². The molecule has 1 rings (SSSR count). The van der Waals surface area contributed by atoms with Crippen molar-refractivity contribution in [3.8, 4) is 0 Å². The normalized spacial score (nSPS) is 11.3. The number of benzene rings is 1. The number of carbonyl (C=O) groups is 1. The molecular formula is C12H15BrFNO. The second-order valence-corrected chi connectivity index (χ2v) is 5.96. The molecule has 0 aromatic heterocycles. The Morgan fingerprint density at radius 3 is 2.44 bits per heavy atom. The van der Waals surface area contributed by atoms with Gasteiger partial charge in [-0.25, -0.2) is 4.39 Å².